The summed E-state index contributed by atoms with van der Waals surface area (Å²) in [6.45, 7) is 12.4. The molecule has 0 saturated carbocycles. The maximum Gasteiger partial charge on any atom is 0.0699 e. The maximum absolute atomic E-state index is 5.72. The molecule has 1 saturated heterocycles. The van der Waals surface area contributed by atoms with Crippen molar-refractivity contribution in [1.29, 1.82) is 0 Å². The van der Waals surface area contributed by atoms with Crippen molar-refractivity contribution < 1.29 is 4.74 Å². The van der Waals surface area contributed by atoms with Gasteiger partial charge in [-0.2, -0.15) is 0 Å². The van der Waals surface area contributed by atoms with Crippen molar-refractivity contribution in [1.82, 2.24) is 5.32 Å². The van der Waals surface area contributed by atoms with Crippen LogP contribution in [0.15, 0.2) is 0 Å². The molecule has 0 aliphatic carbocycles. The summed E-state index contributed by atoms with van der Waals surface area (Å²) < 4.78 is 5.72. The average Bonchev–Trinajstić information content (AvgIpc) is 2.24. The predicted molar refractivity (Wildman–Crippen MR) is 69.6 cm³/mol. The Kier molecular flexibility index (Phi) is 6.37. The zero-order valence-electron chi connectivity index (χ0n) is 11.5. The van der Waals surface area contributed by atoms with E-state index >= 15 is 0 Å². The van der Waals surface area contributed by atoms with Gasteiger partial charge in [0, 0.05) is 13.2 Å². The lowest BCUT2D eigenvalue weighted by molar-refractivity contribution is 0.0158. The molecule has 1 heterocycles. The van der Waals surface area contributed by atoms with Crippen molar-refractivity contribution >= 4 is 0 Å². The standard InChI is InChI=1S/C14H29NO/c1-11(2)14(12(3)4)10-15-9-13-7-5-6-8-16-13/h11-15H,5-10H2,1-4H3. The Hall–Kier alpha value is -0.0800. The Morgan fingerprint density at radius 1 is 1.12 bits per heavy atom. The molecule has 1 atom stereocenters. The van der Waals surface area contributed by atoms with E-state index in [4.69, 9.17) is 4.74 Å². The Morgan fingerprint density at radius 3 is 2.31 bits per heavy atom. The van der Waals surface area contributed by atoms with Crippen molar-refractivity contribution in [2.45, 2.75) is 53.1 Å². The van der Waals surface area contributed by atoms with Gasteiger partial charge in [-0.3, -0.25) is 0 Å². The van der Waals surface area contributed by atoms with E-state index in [0.717, 1.165) is 37.5 Å². The fourth-order valence-electron chi connectivity index (χ4n) is 2.62. The summed E-state index contributed by atoms with van der Waals surface area (Å²) in [4.78, 5) is 0. The van der Waals surface area contributed by atoms with Gasteiger partial charge in [-0.05, 0) is 43.6 Å². The van der Waals surface area contributed by atoms with E-state index < -0.39 is 0 Å². The third-order valence-corrected chi connectivity index (χ3v) is 3.74. The first-order valence-corrected chi connectivity index (χ1v) is 6.93. The van der Waals surface area contributed by atoms with Crippen LogP contribution in [-0.2, 0) is 4.74 Å². The maximum atomic E-state index is 5.72. The minimum absolute atomic E-state index is 0.466. The molecule has 1 unspecified atom stereocenters. The van der Waals surface area contributed by atoms with Gasteiger partial charge in [0.1, 0.15) is 0 Å². The van der Waals surface area contributed by atoms with Gasteiger partial charge in [0.2, 0.25) is 0 Å². The molecule has 1 aliphatic rings. The Balaban J connectivity index is 2.16. The van der Waals surface area contributed by atoms with Crippen LogP contribution in [0.5, 0.6) is 0 Å². The first kappa shape index (κ1) is 14.0. The summed E-state index contributed by atoms with van der Waals surface area (Å²) in [5.41, 5.74) is 0. The van der Waals surface area contributed by atoms with Gasteiger partial charge in [-0.1, -0.05) is 27.7 Å². The van der Waals surface area contributed by atoms with Crippen molar-refractivity contribution in [2.75, 3.05) is 19.7 Å². The topological polar surface area (TPSA) is 21.3 Å². The molecular formula is C14H29NO. The van der Waals surface area contributed by atoms with Crippen molar-refractivity contribution in [3.05, 3.63) is 0 Å². The second kappa shape index (κ2) is 7.29. The van der Waals surface area contributed by atoms with E-state index in [2.05, 4.69) is 33.0 Å². The van der Waals surface area contributed by atoms with Gasteiger partial charge < -0.3 is 10.1 Å². The molecule has 1 rings (SSSR count). The zero-order valence-corrected chi connectivity index (χ0v) is 11.5. The number of hydrogen-bond donors (Lipinski definition) is 1. The molecule has 96 valence electrons. The zero-order chi connectivity index (χ0) is 12.0. The number of rotatable bonds is 6. The van der Waals surface area contributed by atoms with Gasteiger partial charge >= 0.3 is 0 Å². The normalized spacial score (nSPS) is 22.3. The average molecular weight is 227 g/mol. The lowest BCUT2D eigenvalue weighted by Gasteiger charge is -2.27. The van der Waals surface area contributed by atoms with Gasteiger partial charge in [0.25, 0.3) is 0 Å². The van der Waals surface area contributed by atoms with Crippen molar-refractivity contribution in [2.24, 2.45) is 17.8 Å². The second-order valence-electron chi connectivity index (χ2n) is 5.80. The lowest BCUT2D eigenvalue weighted by atomic mass is 9.85. The Labute approximate surface area is 101 Å². The van der Waals surface area contributed by atoms with Gasteiger partial charge in [-0.25, -0.2) is 0 Å². The van der Waals surface area contributed by atoms with Crippen LogP contribution in [0.25, 0.3) is 0 Å². The molecule has 0 spiro atoms. The summed E-state index contributed by atoms with van der Waals surface area (Å²) in [5, 5.41) is 3.59. The molecule has 2 nitrogen and oxygen atoms in total. The van der Waals surface area contributed by atoms with Crippen LogP contribution in [0.3, 0.4) is 0 Å². The SMILES string of the molecule is CC(C)C(CNCC1CCCCO1)C(C)C. The second-order valence-corrected chi connectivity index (χ2v) is 5.80. The molecule has 0 aromatic carbocycles. The van der Waals surface area contributed by atoms with E-state index in [-0.39, 0.29) is 0 Å². The van der Waals surface area contributed by atoms with Crippen LogP contribution in [0.2, 0.25) is 0 Å². The molecule has 0 aromatic rings. The smallest absolute Gasteiger partial charge is 0.0699 e. The molecule has 1 fully saturated rings. The third-order valence-electron chi connectivity index (χ3n) is 3.74. The molecule has 1 aliphatic heterocycles. The number of nitrogens with one attached hydrogen (secondary N) is 1. The molecule has 16 heavy (non-hydrogen) atoms. The van der Waals surface area contributed by atoms with Gasteiger partial charge in [-0.15, -0.1) is 0 Å². The van der Waals surface area contributed by atoms with Crippen LogP contribution in [0.4, 0.5) is 0 Å². The van der Waals surface area contributed by atoms with E-state index in [1.165, 1.54) is 19.3 Å². The third kappa shape index (κ3) is 4.84. The molecule has 0 amide bonds. The largest absolute Gasteiger partial charge is 0.377 e. The quantitative estimate of drug-likeness (QED) is 0.753. The van der Waals surface area contributed by atoms with Crippen LogP contribution >= 0.6 is 0 Å². The molecule has 1 N–H and O–H groups in total. The Morgan fingerprint density at radius 2 is 1.81 bits per heavy atom. The summed E-state index contributed by atoms with van der Waals surface area (Å²) in [6, 6.07) is 0. The Bertz CT molecular complexity index is 166. The summed E-state index contributed by atoms with van der Waals surface area (Å²) in [6.07, 6.45) is 4.29. The van der Waals surface area contributed by atoms with E-state index in [1.807, 2.05) is 0 Å². The van der Waals surface area contributed by atoms with Crippen molar-refractivity contribution in [3.63, 3.8) is 0 Å². The molecule has 0 aromatic heterocycles. The summed E-state index contributed by atoms with van der Waals surface area (Å²) in [7, 11) is 0. The van der Waals surface area contributed by atoms with E-state index in [0.29, 0.717) is 6.10 Å². The van der Waals surface area contributed by atoms with Crippen LogP contribution in [0, 0.1) is 17.8 Å². The van der Waals surface area contributed by atoms with Gasteiger partial charge in [0.05, 0.1) is 6.10 Å². The van der Waals surface area contributed by atoms with Crippen LogP contribution in [0.1, 0.15) is 47.0 Å². The summed E-state index contributed by atoms with van der Waals surface area (Å²) >= 11 is 0. The fraction of sp³-hybridized carbons (Fsp3) is 1.00. The van der Waals surface area contributed by atoms with Crippen LogP contribution in [-0.4, -0.2) is 25.8 Å². The molecule has 2 heteroatoms. The highest BCUT2D eigenvalue weighted by Gasteiger charge is 2.18. The lowest BCUT2D eigenvalue weighted by Crippen LogP contribution is -2.36. The minimum Gasteiger partial charge on any atom is -0.377 e. The molecular weight excluding hydrogens is 198 g/mol. The number of hydrogen-bond acceptors (Lipinski definition) is 2. The van der Waals surface area contributed by atoms with Crippen molar-refractivity contribution in [3.8, 4) is 0 Å². The van der Waals surface area contributed by atoms with E-state index in [9.17, 15) is 0 Å². The minimum atomic E-state index is 0.466. The molecule has 0 radical (unpaired) electrons. The van der Waals surface area contributed by atoms with E-state index in [1.54, 1.807) is 0 Å². The highest BCUT2D eigenvalue weighted by Crippen LogP contribution is 2.19. The van der Waals surface area contributed by atoms with Crippen LogP contribution < -0.4 is 5.32 Å². The predicted octanol–water partition coefficient (Wildman–Crippen LogP) is 3.07. The number of ether oxygens (including phenoxy) is 1. The van der Waals surface area contributed by atoms with Gasteiger partial charge in [0.15, 0.2) is 0 Å². The first-order valence-electron chi connectivity index (χ1n) is 6.93. The summed E-state index contributed by atoms with van der Waals surface area (Å²) in [5.74, 6) is 2.31. The fourth-order valence-corrected chi connectivity index (χ4v) is 2.62. The monoisotopic (exact) mass is 227 g/mol. The first-order chi connectivity index (χ1) is 7.61. The molecule has 0 bridgehead atoms. The highest BCUT2D eigenvalue weighted by molar-refractivity contribution is 4.72. The highest BCUT2D eigenvalue weighted by atomic mass is 16.5.